The fourth-order valence-corrected chi connectivity index (χ4v) is 6.86. The molecule has 4 aliphatic carbocycles. The van der Waals surface area contributed by atoms with Gasteiger partial charge in [-0.3, -0.25) is 4.79 Å². The van der Waals surface area contributed by atoms with Gasteiger partial charge in [0, 0.05) is 23.5 Å². The van der Waals surface area contributed by atoms with Gasteiger partial charge in [-0.25, -0.2) is 4.39 Å². The number of carbonyl (C=O) groups is 1. The van der Waals surface area contributed by atoms with Gasteiger partial charge in [0.05, 0.1) is 0 Å². The van der Waals surface area contributed by atoms with E-state index in [1.165, 1.54) is 0 Å². The van der Waals surface area contributed by atoms with Crippen LogP contribution in [0.2, 0.25) is 0 Å². The van der Waals surface area contributed by atoms with Crippen LogP contribution in [0.3, 0.4) is 0 Å². The van der Waals surface area contributed by atoms with E-state index < -0.39 is 6.17 Å². The number of hydrogen-bond acceptors (Lipinski definition) is 2. The molecule has 0 heterocycles. The highest BCUT2D eigenvalue weighted by molar-refractivity contribution is 5.88. The molecule has 2 nitrogen and oxygen atoms in total. The number of carbonyl (C=O) groups excluding carboxylic acids is 1. The molecule has 0 aromatic carbocycles. The van der Waals surface area contributed by atoms with Crippen molar-refractivity contribution in [2.24, 2.45) is 34.5 Å². The summed E-state index contributed by atoms with van der Waals surface area (Å²) in [5.41, 5.74) is 0.812. The van der Waals surface area contributed by atoms with Crippen molar-refractivity contribution in [3.05, 3.63) is 0 Å². The number of nitrogens with one attached hydrogen (secondary N) is 1. The summed E-state index contributed by atoms with van der Waals surface area (Å²) < 4.78 is 14.7. The summed E-state index contributed by atoms with van der Waals surface area (Å²) >= 11 is 0. The number of Topliss-reactive ketones (excluding diaryl/α,β-unsaturated/α-hetero) is 1. The molecule has 0 aliphatic heterocycles. The van der Waals surface area contributed by atoms with Gasteiger partial charge >= 0.3 is 0 Å². The second kappa shape index (κ2) is 4.64. The lowest BCUT2D eigenvalue weighted by atomic mass is 9.45. The van der Waals surface area contributed by atoms with Crippen molar-refractivity contribution in [2.75, 3.05) is 0 Å². The lowest BCUT2D eigenvalue weighted by Crippen LogP contribution is -2.54. The molecule has 0 bridgehead atoms. The molecule has 1 N–H and O–H groups in total. The highest BCUT2D eigenvalue weighted by atomic mass is 19.1. The Morgan fingerprint density at radius 3 is 2.68 bits per heavy atom. The summed E-state index contributed by atoms with van der Waals surface area (Å²) in [6.07, 6.45) is 6.43. The first-order chi connectivity index (χ1) is 10.4. The summed E-state index contributed by atoms with van der Waals surface area (Å²) in [6.45, 7) is 4.45. The minimum atomic E-state index is -0.910. The van der Waals surface area contributed by atoms with Crippen molar-refractivity contribution in [2.45, 2.75) is 71.4 Å². The van der Waals surface area contributed by atoms with E-state index in [2.05, 4.69) is 6.92 Å². The van der Waals surface area contributed by atoms with Crippen LogP contribution in [0.1, 0.15) is 65.2 Å². The molecule has 22 heavy (non-hydrogen) atoms. The lowest BCUT2D eigenvalue weighted by Gasteiger charge is -2.59. The van der Waals surface area contributed by atoms with Gasteiger partial charge in [-0.1, -0.05) is 13.8 Å². The molecule has 122 valence electrons. The third-order valence-electron chi connectivity index (χ3n) is 8.18. The fraction of sp³-hybridized carbons (Fsp3) is 0.895. The van der Waals surface area contributed by atoms with Crippen molar-refractivity contribution in [1.82, 2.24) is 0 Å². The van der Waals surface area contributed by atoms with Crippen LogP contribution in [0.15, 0.2) is 0 Å². The largest absolute Gasteiger partial charge is 0.310 e. The quantitative estimate of drug-likeness (QED) is 0.700. The third kappa shape index (κ3) is 1.77. The molecule has 0 aromatic rings. The van der Waals surface area contributed by atoms with Crippen molar-refractivity contribution in [3.63, 3.8) is 0 Å². The maximum Gasteiger partial charge on any atom is 0.142 e. The smallest absolute Gasteiger partial charge is 0.142 e. The molecular weight excluding hydrogens is 277 g/mol. The number of alkyl halides is 1. The zero-order chi connectivity index (χ0) is 15.7. The van der Waals surface area contributed by atoms with Gasteiger partial charge in [0.1, 0.15) is 12.0 Å². The standard InChI is InChI=1S/C19H28FNO/c1-18-7-5-12(21)9-11(18)3-4-13-14(18)6-8-19(2)16(22)10-15(20)17(13)19/h11,13-15,17,21H,3-10H2,1-2H3/t11?,13?,14?,15?,17?,18-,19+/m0/s1. The topological polar surface area (TPSA) is 40.9 Å². The SMILES string of the molecule is C[C@]12CCC(=N)CC1CCC1C2CC[C@]2(C)C(=O)CC(F)C12. The Labute approximate surface area is 132 Å². The summed E-state index contributed by atoms with van der Waals surface area (Å²) in [6, 6.07) is 0. The van der Waals surface area contributed by atoms with Crippen LogP contribution in [0.4, 0.5) is 4.39 Å². The summed E-state index contributed by atoms with van der Waals surface area (Å²) in [7, 11) is 0. The van der Waals surface area contributed by atoms with E-state index in [0.717, 1.165) is 50.7 Å². The molecule has 0 spiro atoms. The van der Waals surface area contributed by atoms with Crippen molar-refractivity contribution < 1.29 is 9.18 Å². The van der Waals surface area contributed by atoms with Gasteiger partial charge in [-0.05, 0) is 68.1 Å². The first-order valence-corrected chi connectivity index (χ1v) is 9.10. The molecule has 4 rings (SSSR count). The van der Waals surface area contributed by atoms with Crippen molar-refractivity contribution >= 4 is 11.5 Å². The molecule has 0 amide bonds. The van der Waals surface area contributed by atoms with E-state index in [1.807, 2.05) is 6.92 Å². The Bertz CT molecular complexity index is 532. The van der Waals surface area contributed by atoms with E-state index in [1.54, 1.807) is 0 Å². The maximum absolute atomic E-state index is 14.7. The van der Waals surface area contributed by atoms with E-state index in [9.17, 15) is 9.18 Å². The molecule has 0 saturated heterocycles. The second-order valence-corrected chi connectivity index (χ2v) is 8.98. The first kappa shape index (κ1) is 14.8. The first-order valence-electron chi connectivity index (χ1n) is 9.10. The van der Waals surface area contributed by atoms with Gasteiger partial charge in [-0.2, -0.15) is 0 Å². The van der Waals surface area contributed by atoms with Crippen molar-refractivity contribution in [1.29, 1.82) is 5.41 Å². The monoisotopic (exact) mass is 305 g/mol. The number of fused-ring (bicyclic) bond motifs is 5. The van der Waals surface area contributed by atoms with Crippen LogP contribution in [0, 0.1) is 39.9 Å². The van der Waals surface area contributed by atoms with E-state index in [4.69, 9.17) is 5.41 Å². The zero-order valence-electron chi connectivity index (χ0n) is 13.8. The molecule has 3 heteroatoms. The number of ketones is 1. The minimum Gasteiger partial charge on any atom is -0.310 e. The Hall–Kier alpha value is -0.730. The molecule has 4 fully saturated rings. The molecular formula is C19H28FNO. The molecule has 7 atom stereocenters. The Balaban J connectivity index is 1.68. The maximum atomic E-state index is 14.7. The predicted octanol–water partition coefficient (Wildman–Crippen LogP) is 4.57. The van der Waals surface area contributed by atoms with Crippen LogP contribution >= 0.6 is 0 Å². The molecule has 0 aromatic heterocycles. The van der Waals surface area contributed by atoms with Gasteiger partial charge in [0.25, 0.3) is 0 Å². The average molecular weight is 305 g/mol. The predicted molar refractivity (Wildman–Crippen MR) is 84.7 cm³/mol. The van der Waals surface area contributed by atoms with E-state index >= 15 is 0 Å². The summed E-state index contributed by atoms with van der Waals surface area (Å²) in [4.78, 5) is 12.4. The summed E-state index contributed by atoms with van der Waals surface area (Å²) in [5.74, 6) is 1.74. The number of rotatable bonds is 0. The van der Waals surface area contributed by atoms with Gasteiger partial charge in [0.2, 0.25) is 0 Å². The normalized spacial score (nSPS) is 54.6. The second-order valence-electron chi connectivity index (χ2n) is 8.98. The Morgan fingerprint density at radius 1 is 1.14 bits per heavy atom. The van der Waals surface area contributed by atoms with Gasteiger partial charge < -0.3 is 5.41 Å². The van der Waals surface area contributed by atoms with Crippen molar-refractivity contribution in [3.8, 4) is 0 Å². The highest BCUT2D eigenvalue weighted by Gasteiger charge is 2.63. The van der Waals surface area contributed by atoms with E-state index in [0.29, 0.717) is 17.8 Å². The highest BCUT2D eigenvalue weighted by Crippen LogP contribution is 2.65. The number of hydrogen-bond donors (Lipinski definition) is 1. The Morgan fingerprint density at radius 2 is 1.91 bits per heavy atom. The van der Waals surface area contributed by atoms with Crippen LogP contribution in [0.5, 0.6) is 0 Å². The minimum absolute atomic E-state index is 0.0297. The zero-order valence-corrected chi connectivity index (χ0v) is 13.8. The fourth-order valence-electron chi connectivity index (χ4n) is 6.86. The van der Waals surface area contributed by atoms with Crippen LogP contribution in [0.25, 0.3) is 0 Å². The third-order valence-corrected chi connectivity index (χ3v) is 8.18. The molecule has 4 saturated carbocycles. The molecule has 4 aliphatic rings. The van der Waals surface area contributed by atoms with Crippen LogP contribution in [-0.4, -0.2) is 17.7 Å². The molecule has 0 radical (unpaired) electrons. The Kier molecular flexibility index (Phi) is 3.13. The van der Waals surface area contributed by atoms with Crippen LogP contribution < -0.4 is 0 Å². The summed E-state index contributed by atoms with van der Waals surface area (Å²) in [5, 5.41) is 8.03. The average Bonchev–Trinajstić information content (AvgIpc) is 2.70. The molecule has 5 unspecified atom stereocenters. The van der Waals surface area contributed by atoms with Crippen LogP contribution in [-0.2, 0) is 4.79 Å². The van der Waals surface area contributed by atoms with Gasteiger partial charge in [-0.15, -0.1) is 0 Å². The van der Waals surface area contributed by atoms with Gasteiger partial charge in [0.15, 0.2) is 0 Å². The van der Waals surface area contributed by atoms with E-state index in [-0.39, 0.29) is 29.0 Å². The number of halogens is 1. The lowest BCUT2D eigenvalue weighted by molar-refractivity contribution is -0.138.